The minimum absolute atomic E-state index is 0.0185. The number of nitrogens with one attached hydrogen (secondary N) is 1. The second kappa shape index (κ2) is 9.54. The molecule has 3 aromatic heterocycles. The van der Waals surface area contributed by atoms with Gasteiger partial charge in [0.15, 0.2) is 5.65 Å². The summed E-state index contributed by atoms with van der Waals surface area (Å²) in [6, 6.07) is 18.2. The van der Waals surface area contributed by atoms with E-state index in [0.717, 1.165) is 12.0 Å². The van der Waals surface area contributed by atoms with Gasteiger partial charge in [-0.1, -0.05) is 48.0 Å². The molecule has 5 aromatic rings. The highest BCUT2D eigenvalue weighted by Gasteiger charge is 2.20. The van der Waals surface area contributed by atoms with Gasteiger partial charge in [0, 0.05) is 30.5 Å². The van der Waals surface area contributed by atoms with Crippen molar-refractivity contribution < 1.29 is 4.39 Å². The van der Waals surface area contributed by atoms with Gasteiger partial charge in [0.2, 0.25) is 5.95 Å². The van der Waals surface area contributed by atoms with E-state index in [2.05, 4.69) is 32.6 Å². The first-order valence-corrected chi connectivity index (χ1v) is 11.1. The molecule has 0 aliphatic carbocycles. The maximum absolute atomic E-state index is 13.9. The molecule has 0 aliphatic rings. The van der Waals surface area contributed by atoms with E-state index in [1.165, 1.54) is 11.6 Å². The Morgan fingerprint density at radius 2 is 1.82 bits per heavy atom. The highest BCUT2D eigenvalue weighted by Crippen LogP contribution is 2.36. The first-order valence-electron chi connectivity index (χ1n) is 10.7. The van der Waals surface area contributed by atoms with Crippen LogP contribution in [0.25, 0.3) is 28.0 Å². The molecule has 170 valence electrons. The molecule has 0 radical (unpaired) electrons. The molecule has 0 aliphatic heterocycles. The largest absolute Gasteiger partial charge is 0.354 e. The number of hydrogen-bond donors (Lipinski definition) is 2. The second-order valence-corrected chi connectivity index (χ2v) is 8.29. The van der Waals surface area contributed by atoms with Gasteiger partial charge >= 0.3 is 0 Å². The number of halogens is 2. The van der Waals surface area contributed by atoms with E-state index in [0.29, 0.717) is 35.0 Å². The summed E-state index contributed by atoms with van der Waals surface area (Å²) in [6.07, 6.45) is 5.69. The molecule has 3 heterocycles. The lowest BCUT2D eigenvalue weighted by Gasteiger charge is -2.17. The van der Waals surface area contributed by atoms with Crippen molar-refractivity contribution in [2.75, 3.05) is 11.9 Å². The maximum atomic E-state index is 13.9. The Bertz CT molecular complexity index is 1420. The number of fused-ring (bicyclic) bond motifs is 1. The van der Waals surface area contributed by atoms with E-state index in [1.807, 2.05) is 30.3 Å². The molecule has 0 saturated carbocycles. The second-order valence-electron chi connectivity index (χ2n) is 7.88. The van der Waals surface area contributed by atoms with Gasteiger partial charge in [-0.15, -0.1) is 10.2 Å². The van der Waals surface area contributed by atoms with E-state index in [4.69, 9.17) is 22.3 Å². The fraction of sp³-hybridized carbons (Fsp3) is 0.120. The molecule has 0 fully saturated rings. The standard InChI is InChI=1S/C25H21ClFN7/c26-20-13-18(6-7-21(20)27)22-23(17-8-10-29-11-9-17)32-25(34-15-31-33-24(22)34)30-14-19(28)12-16-4-2-1-3-5-16/h1-11,13,15,19H,12,14,28H2,(H,30,32)/t19-/m1/s1. The Balaban J connectivity index is 1.56. The van der Waals surface area contributed by atoms with Crippen LogP contribution >= 0.6 is 11.6 Å². The van der Waals surface area contributed by atoms with E-state index in [9.17, 15) is 4.39 Å². The number of rotatable bonds is 7. The topological polar surface area (TPSA) is 94.0 Å². The van der Waals surface area contributed by atoms with Crippen LogP contribution in [0.4, 0.5) is 10.3 Å². The Kier molecular flexibility index (Phi) is 6.16. The van der Waals surface area contributed by atoms with Crippen molar-refractivity contribution in [3.8, 4) is 22.4 Å². The lowest BCUT2D eigenvalue weighted by molar-refractivity contribution is 0.628. The fourth-order valence-corrected chi connectivity index (χ4v) is 4.03. The van der Waals surface area contributed by atoms with Crippen LogP contribution in [0.2, 0.25) is 5.02 Å². The first kappa shape index (κ1) is 21.9. The summed E-state index contributed by atoms with van der Waals surface area (Å²) in [6.45, 7) is 0.493. The summed E-state index contributed by atoms with van der Waals surface area (Å²) in [5.74, 6) is 0.0549. The predicted octanol–water partition coefficient (Wildman–Crippen LogP) is 4.63. The third kappa shape index (κ3) is 4.46. The molecule has 0 amide bonds. The van der Waals surface area contributed by atoms with Crippen molar-refractivity contribution >= 4 is 23.2 Å². The van der Waals surface area contributed by atoms with Crippen LogP contribution in [0.15, 0.2) is 79.4 Å². The molecular formula is C25H21ClFN7. The molecule has 9 heteroatoms. The van der Waals surface area contributed by atoms with Crippen LogP contribution < -0.4 is 11.1 Å². The molecule has 1 atom stereocenters. The first-order chi connectivity index (χ1) is 16.6. The number of nitrogens with zero attached hydrogens (tertiary/aromatic N) is 5. The summed E-state index contributed by atoms with van der Waals surface area (Å²) in [4.78, 5) is 9.01. The van der Waals surface area contributed by atoms with Gasteiger partial charge in [0.25, 0.3) is 0 Å². The van der Waals surface area contributed by atoms with Crippen molar-refractivity contribution in [2.24, 2.45) is 5.73 Å². The number of benzene rings is 2. The van der Waals surface area contributed by atoms with Crippen LogP contribution in [0, 0.1) is 5.82 Å². The Hall–Kier alpha value is -3.88. The van der Waals surface area contributed by atoms with E-state index in [-0.39, 0.29) is 11.1 Å². The normalized spacial score (nSPS) is 12.1. The third-order valence-electron chi connectivity index (χ3n) is 5.48. The van der Waals surface area contributed by atoms with Gasteiger partial charge in [0.05, 0.1) is 16.3 Å². The molecule has 7 nitrogen and oxygen atoms in total. The highest BCUT2D eigenvalue weighted by molar-refractivity contribution is 6.31. The SMILES string of the molecule is N[C@@H](CNc1nc(-c2ccncc2)c(-c2ccc(F)c(Cl)c2)c2nncn12)Cc1ccccc1. The summed E-state index contributed by atoms with van der Waals surface area (Å²) in [7, 11) is 0. The molecule has 2 aromatic carbocycles. The van der Waals surface area contributed by atoms with Gasteiger partial charge in [-0.25, -0.2) is 9.37 Å². The number of anilines is 1. The minimum atomic E-state index is -0.494. The molecule has 0 bridgehead atoms. The Labute approximate surface area is 200 Å². The molecule has 0 unspecified atom stereocenters. The van der Waals surface area contributed by atoms with Gasteiger partial charge in [-0.05, 0) is 41.8 Å². The highest BCUT2D eigenvalue weighted by atomic mass is 35.5. The average molecular weight is 474 g/mol. The van der Waals surface area contributed by atoms with E-state index >= 15 is 0 Å². The van der Waals surface area contributed by atoms with Crippen LogP contribution in [0.1, 0.15) is 5.56 Å². The van der Waals surface area contributed by atoms with Crippen LogP contribution in [-0.2, 0) is 6.42 Å². The fourth-order valence-electron chi connectivity index (χ4n) is 3.85. The van der Waals surface area contributed by atoms with Gasteiger partial charge in [-0.2, -0.15) is 0 Å². The van der Waals surface area contributed by atoms with E-state index in [1.54, 1.807) is 35.3 Å². The van der Waals surface area contributed by atoms with Crippen molar-refractivity contribution in [1.82, 2.24) is 24.6 Å². The summed E-state index contributed by atoms with van der Waals surface area (Å²) < 4.78 is 15.6. The molecular weight excluding hydrogens is 453 g/mol. The van der Waals surface area contributed by atoms with Crippen molar-refractivity contribution in [3.63, 3.8) is 0 Å². The van der Waals surface area contributed by atoms with Gasteiger partial charge in [0.1, 0.15) is 12.1 Å². The Morgan fingerprint density at radius 3 is 2.59 bits per heavy atom. The number of pyridine rings is 1. The zero-order valence-corrected chi connectivity index (χ0v) is 18.8. The molecule has 5 rings (SSSR count). The molecule has 0 saturated heterocycles. The zero-order valence-electron chi connectivity index (χ0n) is 18.1. The van der Waals surface area contributed by atoms with Crippen molar-refractivity contribution in [1.29, 1.82) is 0 Å². The number of aromatic nitrogens is 5. The minimum Gasteiger partial charge on any atom is -0.354 e. The monoisotopic (exact) mass is 473 g/mol. The lowest BCUT2D eigenvalue weighted by atomic mass is 10.0. The molecule has 34 heavy (non-hydrogen) atoms. The summed E-state index contributed by atoms with van der Waals surface area (Å²) in [5.41, 5.74) is 10.9. The predicted molar refractivity (Wildman–Crippen MR) is 131 cm³/mol. The van der Waals surface area contributed by atoms with Crippen molar-refractivity contribution in [3.05, 3.63) is 95.8 Å². The Morgan fingerprint density at radius 1 is 1.03 bits per heavy atom. The zero-order chi connectivity index (χ0) is 23.5. The van der Waals surface area contributed by atoms with Crippen LogP contribution in [0.3, 0.4) is 0 Å². The average Bonchev–Trinajstić information content (AvgIpc) is 3.35. The molecule has 3 N–H and O–H groups in total. The van der Waals surface area contributed by atoms with Gasteiger partial charge in [-0.3, -0.25) is 9.38 Å². The summed E-state index contributed by atoms with van der Waals surface area (Å²) in [5, 5.41) is 11.8. The maximum Gasteiger partial charge on any atom is 0.210 e. The smallest absolute Gasteiger partial charge is 0.210 e. The third-order valence-corrected chi connectivity index (χ3v) is 5.77. The molecule has 0 spiro atoms. The summed E-state index contributed by atoms with van der Waals surface area (Å²) >= 11 is 6.10. The van der Waals surface area contributed by atoms with Crippen molar-refractivity contribution in [2.45, 2.75) is 12.5 Å². The van der Waals surface area contributed by atoms with Crippen LogP contribution in [0.5, 0.6) is 0 Å². The van der Waals surface area contributed by atoms with Crippen LogP contribution in [-0.4, -0.2) is 37.2 Å². The number of nitrogens with two attached hydrogens (primary N) is 1. The van der Waals surface area contributed by atoms with E-state index < -0.39 is 5.82 Å². The number of hydrogen-bond acceptors (Lipinski definition) is 6. The quantitative estimate of drug-likeness (QED) is 0.358. The lowest BCUT2D eigenvalue weighted by Crippen LogP contribution is -2.32. The van der Waals surface area contributed by atoms with Gasteiger partial charge < -0.3 is 11.1 Å².